The molecule has 0 bridgehead atoms. The average molecular weight is 315 g/mol. The molecule has 0 radical (unpaired) electrons. The van der Waals surface area contributed by atoms with E-state index in [9.17, 15) is 18.4 Å². The van der Waals surface area contributed by atoms with E-state index in [1.807, 2.05) is 6.92 Å². The predicted octanol–water partition coefficient (Wildman–Crippen LogP) is 3.46. The summed E-state index contributed by atoms with van der Waals surface area (Å²) >= 11 is 0.761. The molecule has 0 saturated heterocycles. The largest absolute Gasteiger partial charge is 0.465 e. The molecule has 0 aromatic heterocycles. The van der Waals surface area contributed by atoms with Gasteiger partial charge in [0.2, 0.25) is 0 Å². The Kier molecular flexibility index (Phi) is 6.64. The van der Waals surface area contributed by atoms with Crippen LogP contribution in [0, 0.1) is 11.6 Å². The second-order valence-corrected chi connectivity index (χ2v) is 4.78. The van der Waals surface area contributed by atoms with E-state index in [0.29, 0.717) is 12.5 Å². The lowest BCUT2D eigenvalue weighted by Crippen LogP contribution is -2.08. The first kappa shape index (κ1) is 16.9. The van der Waals surface area contributed by atoms with Gasteiger partial charge in [0.05, 0.1) is 17.9 Å². The minimum atomic E-state index is -1.16. The summed E-state index contributed by atoms with van der Waals surface area (Å²) in [4.78, 5) is 24.8. The number of azide groups is 1. The predicted molar refractivity (Wildman–Crippen MR) is 71.8 cm³/mol. The minimum absolute atomic E-state index is 0.110. The summed E-state index contributed by atoms with van der Waals surface area (Å²) in [7, 11) is 0. The van der Waals surface area contributed by atoms with Crippen LogP contribution < -0.4 is 0 Å². The first-order valence-electron chi connectivity index (χ1n) is 5.86. The standard InChI is InChI=1S/C12H11F2N3O3S/c1-2-3-20-11(18)6-21-10-4-7(12(19)16-17-15)8(13)5-9(10)14/h4-5H,2-3,6H2,1H3. The van der Waals surface area contributed by atoms with Crippen LogP contribution in [0.4, 0.5) is 8.78 Å². The summed E-state index contributed by atoms with van der Waals surface area (Å²) in [5, 5.41) is 2.74. The summed E-state index contributed by atoms with van der Waals surface area (Å²) in [6.45, 7) is 2.08. The summed E-state index contributed by atoms with van der Waals surface area (Å²) in [6.07, 6.45) is 0.659. The van der Waals surface area contributed by atoms with Crippen LogP contribution in [-0.2, 0) is 9.53 Å². The van der Waals surface area contributed by atoms with Crippen LogP contribution in [0.15, 0.2) is 22.1 Å². The van der Waals surface area contributed by atoms with Gasteiger partial charge >= 0.3 is 5.97 Å². The molecule has 0 spiro atoms. The maximum atomic E-state index is 13.6. The van der Waals surface area contributed by atoms with Crippen molar-refractivity contribution in [2.45, 2.75) is 18.2 Å². The fourth-order valence-corrected chi connectivity index (χ4v) is 2.05. The Labute approximate surface area is 123 Å². The van der Waals surface area contributed by atoms with Gasteiger partial charge in [-0.05, 0) is 23.1 Å². The van der Waals surface area contributed by atoms with E-state index in [2.05, 4.69) is 10.0 Å². The van der Waals surface area contributed by atoms with E-state index in [1.54, 1.807) is 0 Å². The van der Waals surface area contributed by atoms with Crippen molar-refractivity contribution >= 4 is 23.6 Å². The SMILES string of the molecule is CCCOC(=O)CSc1cc(C(=O)N=[N+]=[N-])c(F)cc1F. The normalized spacial score (nSPS) is 9.86. The van der Waals surface area contributed by atoms with Gasteiger partial charge in [-0.2, -0.15) is 0 Å². The molecular formula is C12H11F2N3O3S. The molecular weight excluding hydrogens is 304 g/mol. The number of hydrogen-bond acceptors (Lipinski definition) is 4. The van der Waals surface area contributed by atoms with Crippen molar-refractivity contribution < 1.29 is 23.1 Å². The molecule has 0 heterocycles. The number of ether oxygens (including phenoxy) is 1. The second kappa shape index (κ2) is 8.23. The Bertz CT molecular complexity index is 604. The Morgan fingerprint density at radius 1 is 1.38 bits per heavy atom. The first-order valence-corrected chi connectivity index (χ1v) is 6.85. The fraction of sp³-hybridized carbons (Fsp3) is 0.333. The van der Waals surface area contributed by atoms with Gasteiger partial charge in [-0.1, -0.05) is 6.92 Å². The molecule has 1 rings (SSSR count). The number of nitrogens with zero attached hydrogens (tertiary/aromatic N) is 3. The molecule has 0 unspecified atom stereocenters. The summed E-state index contributed by atoms with van der Waals surface area (Å²) in [5.74, 6) is -3.95. The molecule has 0 aliphatic heterocycles. The van der Waals surface area contributed by atoms with Crippen LogP contribution >= 0.6 is 11.8 Å². The van der Waals surface area contributed by atoms with Crippen molar-refractivity contribution in [1.82, 2.24) is 0 Å². The molecule has 0 aliphatic carbocycles. The lowest BCUT2D eigenvalue weighted by Gasteiger charge is -2.06. The van der Waals surface area contributed by atoms with Crippen molar-refractivity contribution in [1.29, 1.82) is 0 Å². The number of benzene rings is 1. The second-order valence-electron chi connectivity index (χ2n) is 3.77. The van der Waals surface area contributed by atoms with Gasteiger partial charge in [0.25, 0.3) is 5.91 Å². The molecule has 0 saturated carbocycles. The van der Waals surface area contributed by atoms with E-state index < -0.39 is 29.1 Å². The van der Waals surface area contributed by atoms with Crippen LogP contribution in [0.1, 0.15) is 23.7 Å². The molecule has 9 heteroatoms. The Balaban J connectivity index is 2.87. The first-order chi connectivity index (χ1) is 9.99. The average Bonchev–Trinajstić information content (AvgIpc) is 2.44. The zero-order valence-electron chi connectivity index (χ0n) is 11.0. The van der Waals surface area contributed by atoms with E-state index in [0.717, 1.165) is 17.8 Å². The molecule has 0 atom stereocenters. The summed E-state index contributed by atoms with van der Waals surface area (Å²) in [5.41, 5.74) is 7.59. The van der Waals surface area contributed by atoms with Crippen LogP contribution in [0.2, 0.25) is 0 Å². The lowest BCUT2D eigenvalue weighted by atomic mass is 10.2. The van der Waals surface area contributed by atoms with Gasteiger partial charge in [-0.15, -0.1) is 11.8 Å². The third kappa shape index (κ3) is 5.05. The quantitative estimate of drug-likeness (QED) is 0.264. The van der Waals surface area contributed by atoms with Crippen LogP contribution in [0.3, 0.4) is 0 Å². The van der Waals surface area contributed by atoms with Crippen LogP contribution in [-0.4, -0.2) is 24.2 Å². The van der Waals surface area contributed by atoms with Crippen molar-refractivity contribution in [2.75, 3.05) is 12.4 Å². The Morgan fingerprint density at radius 3 is 2.71 bits per heavy atom. The highest BCUT2D eigenvalue weighted by molar-refractivity contribution is 8.00. The number of carbonyl (C=O) groups excluding carboxylic acids is 2. The van der Waals surface area contributed by atoms with E-state index >= 15 is 0 Å². The van der Waals surface area contributed by atoms with E-state index in [1.165, 1.54) is 0 Å². The highest BCUT2D eigenvalue weighted by Gasteiger charge is 2.16. The molecule has 6 nitrogen and oxygen atoms in total. The molecule has 1 aromatic rings. The van der Waals surface area contributed by atoms with Crippen molar-refractivity contribution in [3.63, 3.8) is 0 Å². The number of carbonyl (C=O) groups is 2. The van der Waals surface area contributed by atoms with E-state index in [-0.39, 0.29) is 17.3 Å². The van der Waals surface area contributed by atoms with Gasteiger partial charge in [0.1, 0.15) is 11.6 Å². The molecule has 1 amide bonds. The molecule has 112 valence electrons. The van der Waals surface area contributed by atoms with Gasteiger partial charge in [0.15, 0.2) is 0 Å². The molecule has 0 fully saturated rings. The van der Waals surface area contributed by atoms with E-state index in [4.69, 9.17) is 10.3 Å². The third-order valence-corrected chi connectivity index (χ3v) is 3.20. The molecule has 0 N–H and O–H groups in total. The zero-order chi connectivity index (χ0) is 15.8. The zero-order valence-corrected chi connectivity index (χ0v) is 11.8. The topological polar surface area (TPSA) is 92.1 Å². The summed E-state index contributed by atoms with van der Waals surface area (Å²) < 4.78 is 31.8. The van der Waals surface area contributed by atoms with Gasteiger partial charge in [-0.25, -0.2) is 8.78 Å². The number of esters is 1. The Hall–Kier alpha value is -2.12. The van der Waals surface area contributed by atoms with Gasteiger partial charge < -0.3 is 4.74 Å². The number of hydrogen-bond donors (Lipinski definition) is 0. The Morgan fingerprint density at radius 2 is 2.10 bits per heavy atom. The molecule has 0 aliphatic rings. The number of thioether (sulfide) groups is 1. The smallest absolute Gasteiger partial charge is 0.316 e. The van der Waals surface area contributed by atoms with Gasteiger partial charge in [-0.3, -0.25) is 9.59 Å². The highest BCUT2D eigenvalue weighted by atomic mass is 32.2. The number of rotatable bonds is 6. The monoisotopic (exact) mass is 315 g/mol. The number of halogens is 2. The maximum Gasteiger partial charge on any atom is 0.316 e. The van der Waals surface area contributed by atoms with Crippen molar-refractivity contribution in [3.05, 3.63) is 39.8 Å². The molecule has 1 aromatic carbocycles. The van der Waals surface area contributed by atoms with Gasteiger partial charge in [0, 0.05) is 15.9 Å². The minimum Gasteiger partial charge on any atom is -0.465 e. The lowest BCUT2D eigenvalue weighted by molar-refractivity contribution is -0.140. The van der Waals surface area contributed by atoms with Crippen LogP contribution in [0.5, 0.6) is 0 Å². The number of amides is 1. The van der Waals surface area contributed by atoms with Crippen molar-refractivity contribution in [2.24, 2.45) is 5.11 Å². The third-order valence-electron chi connectivity index (χ3n) is 2.20. The maximum absolute atomic E-state index is 13.6. The van der Waals surface area contributed by atoms with Crippen LogP contribution in [0.25, 0.3) is 10.4 Å². The fourth-order valence-electron chi connectivity index (χ4n) is 1.29. The van der Waals surface area contributed by atoms with Crippen molar-refractivity contribution in [3.8, 4) is 0 Å². The highest BCUT2D eigenvalue weighted by Crippen LogP contribution is 2.25. The molecule has 21 heavy (non-hydrogen) atoms. The summed E-state index contributed by atoms with van der Waals surface area (Å²) in [6, 6.07) is 1.40.